The van der Waals surface area contributed by atoms with Gasteiger partial charge >= 0.3 is 0 Å². The molecule has 23 heavy (non-hydrogen) atoms. The molecule has 0 unspecified atom stereocenters. The molecule has 0 N–H and O–H groups in total. The number of rotatable bonds is 4. The van der Waals surface area contributed by atoms with E-state index in [4.69, 9.17) is 4.74 Å². The van der Waals surface area contributed by atoms with Crippen LogP contribution in [-0.2, 0) is 6.61 Å². The lowest BCUT2D eigenvalue weighted by Gasteiger charge is -2.10. The number of benzene rings is 2. The maximum absolute atomic E-state index is 13.2. The summed E-state index contributed by atoms with van der Waals surface area (Å²) in [5.74, 6) is 0.0445. The third-order valence-electron chi connectivity index (χ3n) is 3.44. The highest BCUT2D eigenvalue weighted by atomic mass is 19.1. The Bertz CT molecular complexity index is 866. The summed E-state index contributed by atoms with van der Waals surface area (Å²) < 4.78 is 20.6. The summed E-state index contributed by atoms with van der Waals surface area (Å²) in [6.07, 6.45) is 0. The van der Waals surface area contributed by atoms with Crippen molar-refractivity contribution in [3.8, 4) is 17.5 Å². The highest BCUT2D eigenvalue weighted by Crippen LogP contribution is 2.21. The second-order valence-corrected chi connectivity index (χ2v) is 5.01. The van der Waals surface area contributed by atoms with E-state index in [-0.39, 0.29) is 12.4 Å². The van der Waals surface area contributed by atoms with Gasteiger partial charge in [0.1, 0.15) is 29.8 Å². The van der Waals surface area contributed by atoms with Crippen molar-refractivity contribution in [1.29, 1.82) is 5.26 Å². The lowest BCUT2D eigenvalue weighted by atomic mass is 10.2. The molecule has 114 valence electrons. The van der Waals surface area contributed by atoms with Crippen molar-refractivity contribution in [1.82, 2.24) is 9.78 Å². The van der Waals surface area contributed by atoms with E-state index in [0.29, 0.717) is 22.7 Å². The third kappa shape index (κ3) is 3.06. The van der Waals surface area contributed by atoms with Crippen LogP contribution in [0.25, 0.3) is 5.69 Å². The Morgan fingerprint density at radius 2 is 1.96 bits per heavy atom. The van der Waals surface area contributed by atoms with E-state index in [1.165, 1.54) is 12.1 Å². The second-order valence-electron chi connectivity index (χ2n) is 5.01. The molecule has 1 aromatic heterocycles. The Kier molecular flexibility index (Phi) is 4.07. The van der Waals surface area contributed by atoms with Crippen molar-refractivity contribution in [2.75, 3.05) is 0 Å². The molecular weight excluding hydrogens is 293 g/mol. The molecule has 5 heteroatoms. The molecule has 0 fully saturated rings. The van der Waals surface area contributed by atoms with Crippen LogP contribution >= 0.6 is 0 Å². The van der Waals surface area contributed by atoms with Crippen LogP contribution in [0.1, 0.15) is 17.0 Å². The Hall–Kier alpha value is -3.13. The number of hydrogen-bond acceptors (Lipinski definition) is 3. The highest BCUT2D eigenvalue weighted by Gasteiger charge is 2.16. The maximum atomic E-state index is 13.2. The summed E-state index contributed by atoms with van der Waals surface area (Å²) in [6.45, 7) is 1.91. The summed E-state index contributed by atoms with van der Waals surface area (Å²) in [5, 5.41) is 13.8. The molecule has 3 aromatic rings. The van der Waals surface area contributed by atoms with Gasteiger partial charge in [0.15, 0.2) is 0 Å². The average Bonchev–Trinajstić information content (AvgIpc) is 2.89. The van der Waals surface area contributed by atoms with E-state index in [0.717, 1.165) is 5.69 Å². The van der Waals surface area contributed by atoms with Crippen LogP contribution in [0, 0.1) is 24.1 Å². The molecule has 3 rings (SSSR count). The van der Waals surface area contributed by atoms with Crippen molar-refractivity contribution < 1.29 is 9.13 Å². The summed E-state index contributed by atoms with van der Waals surface area (Å²) >= 11 is 0. The summed E-state index contributed by atoms with van der Waals surface area (Å²) in [4.78, 5) is 0. The van der Waals surface area contributed by atoms with Gasteiger partial charge in [-0.05, 0) is 31.2 Å². The SMILES string of the molecule is Cc1nn(-c2ccccc2)c(COc2cccc(F)c2)c1C#N. The number of aryl methyl sites for hydroxylation is 1. The molecule has 0 saturated carbocycles. The minimum atomic E-state index is -0.365. The van der Waals surface area contributed by atoms with Crippen LogP contribution in [0.15, 0.2) is 54.6 Å². The standard InChI is InChI=1S/C18H14FN3O/c1-13-17(11-20)18(12-23-16-9-5-6-14(19)10-16)22(21-13)15-7-3-2-4-8-15/h2-10H,12H2,1H3. The predicted octanol–water partition coefficient (Wildman–Crippen LogP) is 3.77. The van der Waals surface area contributed by atoms with Gasteiger partial charge in [-0.1, -0.05) is 24.3 Å². The van der Waals surface area contributed by atoms with Gasteiger partial charge in [0.05, 0.1) is 17.1 Å². The minimum Gasteiger partial charge on any atom is -0.487 e. The number of hydrogen-bond donors (Lipinski definition) is 0. The second kappa shape index (κ2) is 6.32. The zero-order valence-electron chi connectivity index (χ0n) is 12.5. The molecule has 0 amide bonds. The molecule has 0 aliphatic carbocycles. The van der Waals surface area contributed by atoms with Gasteiger partial charge in [0.2, 0.25) is 0 Å². The summed E-state index contributed by atoms with van der Waals surface area (Å²) in [5.41, 5.74) is 2.59. The van der Waals surface area contributed by atoms with Crippen molar-refractivity contribution in [2.45, 2.75) is 13.5 Å². The predicted molar refractivity (Wildman–Crippen MR) is 83.7 cm³/mol. The van der Waals surface area contributed by atoms with Gasteiger partial charge in [-0.15, -0.1) is 0 Å². The first kappa shape index (κ1) is 14.8. The van der Waals surface area contributed by atoms with Crippen molar-refractivity contribution in [3.05, 3.63) is 77.4 Å². The monoisotopic (exact) mass is 307 g/mol. The van der Waals surface area contributed by atoms with E-state index < -0.39 is 0 Å². The molecule has 0 aliphatic heterocycles. The van der Waals surface area contributed by atoms with E-state index >= 15 is 0 Å². The van der Waals surface area contributed by atoms with Gasteiger partial charge < -0.3 is 4.74 Å². The van der Waals surface area contributed by atoms with Crippen LogP contribution < -0.4 is 4.74 Å². The van der Waals surface area contributed by atoms with Crippen LogP contribution in [0.5, 0.6) is 5.75 Å². The lowest BCUT2D eigenvalue weighted by Crippen LogP contribution is -2.07. The highest BCUT2D eigenvalue weighted by molar-refractivity contribution is 5.43. The molecule has 0 saturated heterocycles. The number of nitriles is 1. The first-order valence-electron chi connectivity index (χ1n) is 7.11. The zero-order chi connectivity index (χ0) is 16.2. The van der Waals surface area contributed by atoms with Crippen molar-refractivity contribution >= 4 is 0 Å². The number of aromatic nitrogens is 2. The number of para-hydroxylation sites is 1. The average molecular weight is 307 g/mol. The normalized spacial score (nSPS) is 10.3. The molecule has 0 bridgehead atoms. The fourth-order valence-corrected chi connectivity index (χ4v) is 2.35. The fourth-order valence-electron chi connectivity index (χ4n) is 2.35. The Labute approximate surface area is 133 Å². The smallest absolute Gasteiger partial charge is 0.132 e. The van der Waals surface area contributed by atoms with Crippen LogP contribution in [0.2, 0.25) is 0 Å². The van der Waals surface area contributed by atoms with Crippen LogP contribution in [-0.4, -0.2) is 9.78 Å². The molecule has 0 aliphatic rings. The first-order valence-corrected chi connectivity index (χ1v) is 7.11. The van der Waals surface area contributed by atoms with Gasteiger partial charge in [-0.25, -0.2) is 9.07 Å². The molecular formula is C18H14FN3O. The largest absolute Gasteiger partial charge is 0.487 e. The number of nitrogens with zero attached hydrogens (tertiary/aromatic N) is 3. The van der Waals surface area contributed by atoms with Gasteiger partial charge in [-0.3, -0.25) is 0 Å². The third-order valence-corrected chi connectivity index (χ3v) is 3.44. The molecule has 2 aromatic carbocycles. The van der Waals surface area contributed by atoms with E-state index in [2.05, 4.69) is 11.2 Å². The maximum Gasteiger partial charge on any atom is 0.132 e. The molecule has 0 atom stereocenters. The van der Waals surface area contributed by atoms with Gasteiger partial charge in [-0.2, -0.15) is 10.4 Å². The van der Waals surface area contributed by atoms with E-state index in [9.17, 15) is 9.65 Å². The quantitative estimate of drug-likeness (QED) is 0.737. The minimum absolute atomic E-state index is 0.127. The lowest BCUT2D eigenvalue weighted by molar-refractivity contribution is 0.295. The summed E-state index contributed by atoms with van der Waals surface area (Å²) in [6, 6.07) is 17.6. The first-order chi connectivity index (χ1) is 11.2. The van der Waals surface area contributed by atoms with E-state index in [1.807, 2.05) is 30.3 Å². The fraction of sp³-hybridized carbons (Fsp3) is 0.111. The Morgan fingerprint density at radius 3 is 2.65 bits per heavy atom. The zero-order valence-corrected chi connectivity index (χ0v) is 12.5. The van der Waals surface area contributed by atoms with Crippen LogP contribution in [0.4, 0.5) is 4.39 Å². The summed E-state index contributed by atoms with van der Waals surface area (Å²) in [7, 11) is 0. The van der Waals surface area contributed by atoms with Crippen molar-refractivity contribution in [3.63, 3.8) is 0 Å². The Morgan fingerprint density at radius 1 is 1.17 bits per heavy atom. The Balaban J connectivity index is 1.96. The van der Waals surface area contributed by atoms with Gasteiger partial charge in [0, 0.05) is 6.07 Å². The van der Waals surface area contributed by atoms with E-state index in [1.54, 1.807) is 23.7 Å². The molecule has 0 radical (unpaired) electrons. The molecule has 4 nitrogen and oxygen atoms in total. The number of halogens is 1. The van der Waals surface area contributed by atoms with Gasteiger partial charge in [0.25, 0.3) is 0 Å². The molecule has 1 heterocycles. The molecule has 0 spiro atoms. The topological polar surface area (TPSA) is 50.8 Å². The van der Waals surface area contributed by atoms with Crippen LogP contribution in [0.3, 0.4) is 0 Å². The number of ether oxygens (including phenoxy) is 1. The van der Waals surface area contributed by atoms with Crippen molar-refractivity contribution in [2.24, 2.45) is 0 Å².